The first-order valence-electron chi connectivity index (χ1n) is 8.33. The number of carbonyl (C=O) groups is 1. The molecule has 0 atom stereocenters. The molecule has 0 spiro atoms. The molecule has 0 aliphatic rings. The van der Waals surface area contributed by atoms with Crippen LogP contribution in [0.1, 0.15) is 5.56 Å². The van der Waals surface area contributed by atoms with Crippen LogP contribution in [0.5, 0.6) is 0 Å². The molecule has 29 heavy (non-hydrogen) atoms. The van der Waals surface area contributed by atoms with Crippen molar-refractivity contribution in [1.82, 2.24) is 9.97 Å². The predicted molar refractivity (Wildman–Crippen MR) is 114 cm³/mol. The van der Waals surface area contributed by atoms with Gasteiger partial charge < -0.3 is 4.74 Å². The topological polar surface area (TPSA) is 98.5 Å². The van der Waals surface area contributed by atoms with Crippen molar-refractivity contribution in [2.75, 3.05) is 11.5 Å². The van der Waals surface area contributed by atoms with Crippen LogP contribution in [0.3, 0.4) is 0 Å². The lowest BCUT2D eigenvalue weighted by Crippen LogP contribution is -2.31. The molecule has 0 unspecified atom stereocenters. The highest BCUT2D eigenvalue weighted by Crippen LogP contribution is 2.31. The number of hydrogen-bond acceptors (Lipinski definition) is 7. The van der Waals surface area contributed by atoms with Gasteiger partial charge in [0.05, 0.1) is 11.5 Å². The zero-order chi connectivity index (χ0) is 20.8. The Hall–Kier alpha value is -3.11. The van der Waals surface area contributed by atoms with Crippen LogP contribution >= 0.6 is 27.3 Å². The summed E-state index contributed by atoms with van der Waals surface area (Å²) in [7, 11) is 0. The first kappa shape index (κ1) is 20.6. The van der Waals surface area contributed by atoms with Crippen LogP contribution in [0.4, 0.5) is 16.3 Å². The molecule has 1 aromatic carbocycles. The molecule has 8 nitrogen and oxygen atoms in total. The standard InChI is InChI=1S/C19H15BrN4O4S/c1-2-9-28-19(25)23(11-14-3-4-15(20)10-16(14)24(26)27)17-12-29-18(22-17)13-5-7-21-8-6-13/h2-8,10,12H,1,9,11H2. The molecule has 0 bridgehead atoms. The largest absolute Gasteiger partial charge is 0.445 e. The number of aromatic nitrogens is 2. The number of pyridine rings is 1. The molecule has 3 rings (SSSR count). The first-order chi connectivity index (χ1) is 14.0. The van der Waals surface area contributed by atoms with Gasteiger partial charge in [0.2, 0.25) is 0 Å². The second kappa shape index (κ2) is 9.39. The van der Waals surface area contributed by atoms with Crippen LogP contribution in [-0.2, 0) is 11.3 Å². The number of ether oxygens (including phenoxy) is 1. The average molecular weight is 475 g/mol. The van der Waals surface area contributed by atoms with Crippen molar-refractivity contribution in [2.24, 2.45) is 0 Å². The van der Waals surface area contributed by atoms with Gasteiger partial charge in [-0.1, -0.05) is 28.6 Å². The van der Waals surface area contributed by atoms with Crippen LogP contribution < -0.4 is 4.90 Å². The van der Waals surface area contributed by atoms with E-state index in [0.29, 0.717) is 20.9 Å². The third-order valence-electron chi connectivity index (χ3n) is 3.81. The number of carbonyl (C=O) groups excluding carboxylic acids is 1. The molecule has 0 aliphatic heterocycles. The van der Waals surface area contributed by atoms with E-state index in [4.69, 9.17) is 4.74 Å². The molecule has 148 valence electrons. The van der Waals surface area contributed by atoms with Crippen molar-refractivity contribution in [3.05, 3.63) is 80.9 Å². The molecule has 0 saturated carbocycles. The third kappa shape index (κ3) is 5.04. The second-order valence-corrected chi connectivity index (χ2v) is 7.50. The Balaban J connectivity index is 1.96. The predicted octanol–water partition coefficient (Wildman–Crippen LogP) is 5.21. The molecular formula is C19H15BrN4O4S. The van der Waals surface area contributed by atoms with Crippen molar-refractivity contribution >= 4 is 44.9 Å². The summed E-state index contributed by atoms with van der Waals surface area (Å²) in [5.74, 6) is 0.341. The highest BCUT2D eigenvalue weighted by molar-refractivity contribution is 9.10. The highest BCUT2D eigenvalue weighted by Gasteiger charge is 2.25. The summed E-state index contributed by atoms with van der Waals surface area (Å²) in [5.41, 5.74) is 1.10. The van der Waals surface area contributed by atoms with Gasteiger partial charge in [-0.15, -0.1) is 11.3 Å². The molecule has 0 fully saturated rings. The van der Waals surface area contributed by atoms with Crippen molar-refractivity contribution in [2.45, 2.75) is 6.54 Å². The fraction of sp³-hybridized carbons (Fsp3) is 0.105. The maximum absolute atomic E-state index is 12.6. The van der Waals surface area contributed by atoms with Gasteiger partial charge in [0.15, 0.2) is 0 Å². The number of nitro groups is 1. The number of hydrogen-bond donors (Lipinski definition) is 0. The highest BCUT2D eigenvalue weighted by atomic mass is 79.9. The van der Waals surface area contributed by atoms with E-state index in [9.17, 15) is 14.9 Å². The van der Waals surface area contributed by atoms with E-state index in [-0.39, 0.29) is 18.8 Å². The Labute approximate surface area is 178 Å². The van der Waals surface area contributed by atoms with Crippen molar-refractivity contribution in [3.63, 3.8) is 0 Å². The van der Waals surface area contributed by atoms with Crippen LogP contribution in [0, 0.1) is 10.1 Å². The van der Waals surface area contributed by atoms with E-state index >= 15 is 0 Å². The Kier molecular flexibility index (Phi) is 6.68. The molecule has 10 heteroatoms. The van der Waals surface area contributed by atoms with Crippen LogP contribution in [0.25, 0.3) is 10.6 Å². The monoisotopic (exact) mass is 474 g/mol. The lowest BCUT2D eigenvalue weighted by atomic mass is 10.1. The van der Waals surface area contributed by atoms with Crippen molar-refractivity contribution in [1.29, 1.82) is 0 Å². The normalized spacial score (nSPS) is 10.4. The van der Waals surface area contributed by atoms with Gasteiger partial charge in [-0.05, 0) is 24.3 Å². The van der Waals surface area contributed by atoms with Gasteiger partial charge in [-0.3, -0.25) is 20.0 Å². The maximum Gasteiger partial charge on any atom is 0.416 e. The number of benzene rings is 1. The SMILES string of the molecule is C=CCOC(=O)N(Cc1ccc(Br)cc1[N+](=O)[O-])c1csc(-c2ccncc2)n1. The van der Waals surface area contributed by atoms with Gasteiger partial charge in [-0.25, -0.2) is 9.78 Å². The number of amides is 1. The molecule has 2 heterocycles. The zero-order valence-electron chi connectivity index (χ0n) is 15.0. The zero-order valence-corrected chi connectivity index (χ0v) is 17.4. The summed E-state index contributed by atoms with van der Waals surface area (Å²) in [6.45, 7) is 3.47. The van der Waals surface area contributed by atoms with E-state index in [1.165, 1.54) is 28.4 Å². The van der Waals surface area contributed by atoms with E-state index in [2.05, 4.69) is 32.5 Å². The molecule has 0 saturated heterocycles. The number of nitrogens with zero attached hydrogens (tertiary/aromatic N) is 4. The Morgan fingerprint density at radius 1 is 1.34 bits per heavy atom. The van der Waals surface area contributed by atoms with Crippen molar-refractivity contribution < 1.29 is 14.5 Å². The Morgan fingerprint density at radius 2 is 2.10 bits per heavy atom. The summed E-state index contributed by atoms with van der Waals surface area (Å²) in [5, 5.41) is 13.8. The number of nitro benzene ring substituents is 1. The van der Waals surface area contributed by atoms with Gasteiger partial charge in [-0.2, -0.15) is 0 Å². The summed E-state index contributed by atoms with van der Waals surface area (Å²) < 4.78 is 5.74. The minimum atomic E-state index is -0.673. The fourth-order valence-electron chi connectivity index (χ4n) is 2.47. The Morgan fingerprint density at radius 3 is 2.79 bits per heavy atom. The quantitative estimate of drug-likeness (QED) is 0.265. The molecule has 3 aromatic rings. The Bertz CT molecular complexity index is 1040. The third-order valence-corrected chi connectivity index (χ3v) is 5.19. The molecular weight excluding hydrogens is 460 g/mol. The van der Waals surface area contributed by atoms with E-state index in [0.717, 1.165) is 5.56 Å². The van der Waals surface area contributed by atoms with Gasteiger partial charge >= 0.3 is 6.09 Å². The van der Waals surface area contributed by atoms with Gasteiger partial charge in [0, 0.05) is 39.4 Å². The van der Waals surface area contributed by atoms with Crippen LogP contribution in [0.15, 0.2) is 65.2 Å². The second-order valence-electron chi connectivity index (χ2n) is 5.73. The summed E-state index contributed by atoms with van der Waals surface area (Å²) >= 11 is 4.58. The van der Waals surface area contributed by atoms with Crippen LogP contribution in [0.2, 0.25) is 0 Å². The smallest absolute Gasteiger partial charge is 0.416 e. The average Bonchev–Trinajstić information content (AvgIpc) is 3.21. The summed E-state index contributed by atoms with van der Waals surface area (Å²) in [4.78, 5) is 33.3. The van der Waals surface area contributed by atoms with Crippen molar-refractivity contribution in [3.8, 4) is 10.6 Å². The van der Waals surface area contributed by atoms with Gasteiger partial charge in [0.1, 0.15) is 17.4 Å². The molecule has 2 aromatic heterocycles. The minimum Gasteiger partial charge on any atom is -0.445 e. The lowest BCUT2D eigenvalue weighted by molar-refractivity contribution is -0.385. The number of thiazole rings is 1. The van der Waals surface area contributed by atoms with E-state index < -0.39 is 11.0 Å². The maximum atomic E-state index is 12.6. The fourth-order valence-corrected chi connectivity index (χ4v) is 3.64. The lowest BCUT2D eigenvalue weighted by Gasteiger charge is -2.19. The molecule has 0 radical (unpaired) electrons. The first-order valence-corrected chi connectivity index (χ1v) is 10.0. The number of rotatable bonds is 7. The summed E-state index contributed by atoms with van der Waals surface area (Å²) in [6.07, 6.45) is 4.07. The number of halogens is 1. The van der Waals surface area contributed by atoms with E-state index in [1.54, 1.807) is 29.9 Å². The van der Waals surface area contributed by atoms with Gasteiger partial charge in [0.25, 0.3) is 5.69 Å². The number of anilines is 1. The van der Waals surface area contributed by atoms with Crippen LogP contribution in [-0.4, -0.2) is 27.6 Å². The molecule has 0 aliphatic carbocycles. The minimum absolute atomic E-state index is 0.0130. The molecule has 1 amide bonds. The molecule has 0 N–H and O–H groups in total. The van der Waals surface area contributed by atoms with E-state index in [1.807, 2.05) is 12.1 Å². The summed E-state index contributed by atoms with van der Waals surface area (Å²) in [6, 6.07) is 8.28.